The summed E-state index contributed by atoms with van der Waals surface area (Å²) >= 11 is 0. The van der Waals surface area contributed by atoms with Gasteiger partial charge in [0.2, 0.25) is 5.91 Å². The minimum Gasteiger partial charge on any atom is -0.493 e. The van der Waals surface area contributed by atoms with E-state index >= 15 is 0 Å². The molecule has 0 fully saturated rings. The molecule has 10 heteroatoms. The van der Waals surface area contributed by atoms with Crippen molar-refractivity contribution in [2.24, 2.45) is 0 Å². The van der Waals surface area contributed by atoms with E-state index in [0.717, 1.165) is 5.69 Å². The molecule has 1 aromatic heterocycles. The fraction of sp³-hybridized carbons (Fsp3) is 0.217. The van der Waals surface area contributed by atoms with Gasteiger partial charge >= 0.3 is 0 Å². The topological polar surface area (TPSA) is 117 Å². The number of ether oxygens (including phenoxy) is 2. The van der Waals surface area contributed by atoms with Crippen LogP contribution in [0.5, 0.6) is 11.5 Å². The molecule has 0 radical (unpaired) electrons. The fourth-order valence-corrected chi connectivity index (χ4v) is 4.40. The van der Waals surface area contributed by atoms with Crippen molar-refractivity contribution in [1.82, 2.24) is 15.1 Å². The summed E-state index contributed by atoms with van der Waals surface area (Å²) in [7, 11) is 2.95. The Morgan fingerprint density at radius 3 is 2.61 bits per heavy atom. The average molecular weight is 447 g/mol. The van der Waals surface area contributed by atoms with Crippen molar-refractivity contribution >= 4 is 29.2 Å². The SMILES string of the molecule is COc1ccc2c(c1OC)C(=O)N1c3ccccc3C(=O)N(CC(=O)Nc3cc(C)[nH]n3)[C@@H]21. The Labute approximate surface area is 189 Å². The third kappa shape index (κ3) is 3.10. The van der Waals surface area contributed by atoms with E-state index in [1.54, 1.807) is 42.5 Å². The predicted octanol–water partition coefficient (Wildman–Crippen LogP) is 2.49. The van der Waals surface area contributed by atoms with Gasteiger partial charge in [0, 0.05) is 17.3 Å². The number of aromatic nitrogens is 2. The standard InChI is InChI=1S/C23H21N5O5/c1-12-10-17(26-25-12)24-18(29)11-27-21-14-8-9-16(32-2)20(33-3)19(14)23(31)28(21)15-7-5-4-6-13(15)22(27)30/h4-10,21H,11H2,1-3H3,(H2,24,25,26,29)/t21-/m1/s1. The molecule has 2 aliphatic heterocycles. The number of rotatable bonds is 5. The highest BCUT2D eigenvalue weighted by Gasteiger charge is 2.50. The van der Waals surface area contributed by atoms with Crippen molar-refractivity contribution in [3.8, 4) is 11.5 Å². The Kier molecular flexibility index (Phi) is 4.77. The van der Waals surface area contributed by atoms with Crippen molar-refractivity contribution in [3.63, 3.8) is 0 Å². The van der Waals surface area contributed by atoms with Crippen LogP contribution in [0.2, 0.25) is 0 Å². The molecule has 2 N–H and O–H groups in total. The number of anilines is 2. The summed E-state index contributed by atoms with van der Waals surface area (Å²) in [5.41, 5.74) is 2.47. The maximum atomic E-state index is 13.6. The number of methoxy groups -OCH3 is 2. The fourth-order valence-electron chi connectivity index (χ4n) is 4.40. The van der Waals surface area contributed by atoms with Gasteiger partial charge in [-0.05, 0) is 25.1 Å². The van der Waals surface area contributed by atoms with Crippen LogP contribution in [0, 0.1) is 6.92 Å². The highest BCUT2D eigenvalue weighted by Crippen LogP contribution is 2.49. The van der Waals surface area contributed by atoms with Gasteiger partial charge in [0.05, 0.1) is 31.0 Å². The van der Waals surface area contributed by atoms with Gasteiger partial charge in [-0.25, -0.2) is 0 Å². The lowest BCUT2D eigenvalue weighted by Crippen LogP contribution is -2.50. The molecule has 0 saturated carbocycles. The molecule has 3 aromatic rings. The van der Waals surface area contributed by atoms with Crippen molar-refractivity contribution in [1.29, 1.82) is 0 Å². The molecular formula is C23H21N5O5. The monoisotopic (exact) mass is 447 g/mol. The van der Waals surface area contributed by atoms with Gasteiger partial charge in [0.15, 0.2) is 17.3 Å². The predicted molar refractivity (Wildman–Crippen MR) is 119 cm³/mol. The zero-order valence-electron chi connectivity index (χ0n) is 18.2. The van der Waals surface area contributed by atoms with Gasteiger partial charge in [-0.3, -0.25) is 24.4 Å². The zero-order valence-corrected chi connectivity index (χ0v) is 18.2. The normalized spacial score (nSPS) is 16.3. The first kappa shape index (κ1) is 20.6. The summed E-state index contributed by atoms with van der Waals surface area (Å²) in [5.74, 6) is -0.0725. The van der Waals surface area contributed by atoms with Crippen LogP contribution in [-0.2, 0) is 4.79 Å². The number of aromatic amines is 1. The second-order valence-electron chi connectivity index (χ2n) is 7.75. The molecule has 0 saturated heterocycles. The van der Waals surface area contributed by atoms with Gasteiger partial charge in [0.25, 0.3) is 11.8 Å². The Bertz CT molecular complexity index is 1300. The van der Waals surface area contributed by atoms with Crippen molar-refractivity contribution in [2.75, 3.05) is 31.0 Å². The number of aryl methyl sites for hydroxylation is 1. The second-order valence-corrected chi connectivity index (χ2v) is 7.75. The Hall–Kier alpha value is -4.34. The summed E-state index contributed by atoms with van der Waals surface area (Å²) < 4.78 is 10.9. The summed E-state index contributed by atoms with van der Waals surface area (Å²) in [6.07, 6.45) is -0.804. The molecule has 0 unspecified atom stereocenters. The number of fused-ring (bicyclic) bond motifs is 5. The Balaban J connectivity index is 1.60. The van der Waals surface area contributed by atoms with Gasteiger partial charge in [0.1, 0.15) is 12.7 Å². The maximum Gasteiger partial charge on any atom is 0.264 e. The highest BCUT2D eigenvalue weighted by molar-refractivity contribution is 6.18. The number of benzene rings is 2. The van der Waals surface area contributed by atoms with Crippen LogP contribution >= 0.6 is 0 Å². The third-order valence-corrected chi connectivity index (χ3v) is 5.77. The first-order valence-electron chi connectivity index (χ1n) is 10.2. The number of carbonyl (C=O) groups excluding carboxylic acids is 3. The number of hydrogen-bond donors (Lipinski definition) is 2. The summed E-state index contributed by atoms with van der Waals surface area (Å²) in [5, 5.41) is 9.45. The van der Waals surface area contributed by atoms with Gasteiger partial charge < -0.3 is 19.7 Å². The zero-order chi connectivity index (χ0) is 23.3. The molecule has 0 bridgehead atoms. The molecule has 0 spiro atoms. The van der Waals surface area contributed by atoms with Crippen LogP contribution < -0.4 is 19.7 Å². The first-order valence-corrected chi connectivity index (χ1v) is 10.2. The molecule has 3 heterocycles. The molecular weight excluding hydrogens is 426 g/mol. The quantitative estimate of drug-likeness (QED) is 0.621. The van der Waals surface area contributed by atoms with Crippen molar-refractivity contribution < 1.29 is 23.9 Å². The van der Waals surface area contributed by atoms with E-state index in [2.05, 4.69) is 15.5 Å². The van der Waals surface area contributed by atoms with E-state index in [1.165, 1.54) is 24.0 Å². The minimum atomic E-state index is -0.804. The molecule has 1 atom stereocenters. The van der Waals surface area contributed by atoms with Gasteiger partial charge in [-0.15, -0.1) is 0 Å². The summed E-state index contributed by atoms with van der Waals surface area (Å²) in [4.78, 5) is 42.8. The van der Waals surface area contributed by atoms with Crippen LogP contribution in [-0.4, -0.2) is 53.6 Å². The molecule has 10 nitrogen and oxygen atoms in total. The van der Waals surface area contributed by atoms with E-state index in [1.807, 2.05) is 6.92 Å². The lowest BCUT2D eigenvalue weighted by Gasteiger charge is -2.40. The Morgan fingerprint density at radius 1 is 1.12 bits per heavy atom. The van der Waals surface area contributed by atoms with Crippen LogP contribution in [0.25, 0.3) is 0 Å². The van der Waals surface area contributed by atoms with E-state index in [4.69, 9.17) is 9.47 Å². The molecule has 33 heavy (non-hydrogen) atoms. The molecule has 5 rings (SSSR count). The number of H-pyrrole nitrogens is 1. The Morgan fingerprint density at radius 2 is 1.91 bits per heavy atom. The summed E-state index contributed by atoms with van der Waals surface area (Å²) in [6.45, 7) is 1.54. The van der Waals surface area contributed by atoms with E-state index in [9.17, 15) is 14.4 Å². The second kappa shape index (κ2) is 7.66. The third-order valence-electron chi connectivity index (χ3n) is 5.77. The van der Waals surface area contributed by atoms with Crippen LogP contribution in [0.4, 0.5) is 11.5 Å². The van der Waals surface area contributed by atoms with Crippen LogP contribution in [0.15, 0.2) is 42.5 Å². The number of amides is 3. The largest absolute Gasteiger partial charge is 0.493 e. The number of para-hydroxylation sites is 1. The van der Waals surface area contributed by atoms with Crippen molar-refractivity contribution in [2.45, 2.75) is 13.1 Å². The number of hydrogen-bond acceptors (Lipinski definition) is 6. The minimum absolute atomic E-state index is 0.276. The van der Waals surface area contributed by atoms with Crippen LogP contribution in [0.3, 0.4) is 0 Å². The lowest BCUT2D eigenvalue weighted by molar-refractivity contribution is -0.117. The van der Waals surface area contributed by atoms with E-state index in [0.29, 0.717) is 33.9 Å². The van der Waals surface area contributed by atoms with Gasteiger partial charge in [-0.1, -0.05) is 18.2 Å². The number of nitrogens with one attached hydrogen (secondary N) is 2. The van der Waals surface area contributed by atoms with E-state index < -0.39 is 12.1 Å². The maximum absolute atomic E-state index is 13.6. The van der Waals surface area contributed by atoms with E-state index in [-0.39, 0.29) is 24.1 Å². The number of nitrogens with zero attached hydrogens (tertiary/aromatic N) is 3. The molecule has 2 aliphatic rings. The number of carbonyl (C=O) groups is 3. The smallest absolute Gasteiger partial charge is 0.264 e. The molecule has 2 aromatic carbocycles. The van der Waals surface area contributed by atoms with Crippen LogP contribution in [0.1, 0.15) is 38.1 Å². The summed E-state index contributed by atoms with van der Waals surface area (Å²) in [6, 6.07) is 11.9. The lowest BCUT2D eigenvalue weighted by atomic mass is 10.0. The average Bonchev–Trinajstić information content (AvgIpc) is 3.36. The first-order chi connectivity index (χ1) is 15.9. The van der Waals surface area contributed by atoms with Crippen molar-refractivity contribution in [3.05, 3.63) is 64.8 Å². The molecule has 168 valence electrons. The highest BCUT2D eigenvalue weighted by atomic mass is 16.5. The molecule has 3 amide bonds. The molecule has 0 aliphatic carbocycles. The van der Waals surface area contributed by atoms with Gasteiger partial charge in [-0.2, -0.15) is 5.10 Å².